The first-order valence-electron chi connectivity index (χ1n) is 10.0. The Labute approximate surface area is 166 Å². The molecule has 0 bridgehead atoms. The summed E-state index contributed by atoms with van der Waals surface area (Å²) in [6.45, 7) is 0.267. The highest BCUT2D eigenvalue weighted by Gasteiger charge is 2.43. The molecule has 2 amide bonds. The molecule has 2 heterocycles. The SMILES string of the molecule is O=C(NCc1ccnc(-n2cnc(C(F)(F)F)c2)c1)N[C@@H]1C[C@H]1C1CCCCC1. The highest BCUT2D eigenvalue weighted by Crippen LogP contribution is 2.44. The van der Waals surface area contributed by atoms with Crippen LogP contribution >= 0.6 is 0 Å². The number of aromatic nitrogens is 3. The van der Waals surface area contributed by atoms with E-state index in [9.17, 15) is 18.0 Å². The molecule has 2 aromatic heterocycles. The van der Waals surface area contributed by atoms with Crippen molar-refractivity contribution in [1.29, 1.82) is 0 Å². The maximum absolute atomic E-state index is 12.7. The highest BCUT2D eigenvalue weighted by molar-refractivity contribution is 5.74. The average molecular weight is 407 g/mol. The number of halogens is 3. The average Bonchev–Trinajstić information content (AvgIpc) is 3.26. The van der Waals surface area contributed by atoms with E-state index in [1.54, 1.807) is 12.1 Å². The van der Waals surface area contributed by atoms with Gasteiger partial charge in [-0.1, -0.05) is 32.1 Å². The lowest BCUT2D eigenvalue weighted by atomic mass is 9.85. The first-order valence-corrected chi connectivity index (χ1v) is 10.0. The molecule has 2 N–H and O–H groups in total. The number of carbonyl (C=O) groups excluding carboxylic acids is 1. The highest BCUT2D eigenvalue weighted by atomic mass is 19.4. The van der Waals surface area contributed by atoms with E-state index in [4.69, 9.17) is 0 Å². The maximum Gasteiger partial charge on any atom is 0.434 e. The second-order valence-corrected chi connectivity index (χ2v) is 7.92. The Hall–Kier alpha value is -2.58. The smallest absolute Gasteiger partial charge is 0.335 e. The van der Waals surface area contributed by atoms with E-state index in [0.29, 0.717) is 11.7 Å². The molecule has 2 aromatic rings. The molecular formula is C20H24F3N5O. The van der Waals surface area contributed by atoms with Crippen molar-refractivity contribution in [2.45, 2.75) is 57.3 Å². The predicted molar refractivity (Wildman–Crippen MR) is 100 cm³/mol. The summed E-state index contributed by atoms with van der Waals surface area (Å²) in [6, 6.07) is 3.39. The Morgan fingerprint density at radius 3 is 2.72 bits per heavy atom. The number of carbonyl (C=O) groups is 1. The molecule has 2 aliphatic rings. The number of amides is 2. The van der Waals surface area contributed by atoms with Crippen LogP contribution in [0.3, 0.4) is 0 Å². The van der Waals surface area contributed by atoms with E-state index >= 15 is 0 Å². The van der Waals surface area contributed by atoms with Crippen molar-refractivity contribution in [3.63, 3.8) is 0 Å². The fourth-order valence-corrected chi connectivity index (χ4v) is 4.17. The molecule has 0 spiro atoms. The van der Waals surface area contributed by atoms with Crippen LogP contribution in [-0.4, -0.2) is 26.6 Å². The van der Waals surface area contributed by atoms with Gasteiger partial charge in [-0.25, -0.2) is 14.8 Å². The minimum Gasteiger partial charge on any atom is -0.335 e. The van der Waals surface area contributed by atoms with Crippen molar-refractivity contribution in [2.24, 2.45) is 11.8 Å². The molecule has 9 heteroatoms. The van der Waals surface area contributed by atoms with Gasteiger partial charge in [0.15, 0.2) is 5.69 Å². The van der Waals surface area contributed by atoms with E-state index in [1.165, 1.54) is 42.9 Å². The second-order valence-electron chi connectivity index (χ2n) is 7.92. The molecule has 0 unspecified atom stereocenters. The Morgan fingerprint density at radius 2 is 2.00 bits per heavy atom. The molecule has 4 rings (SSSR count). The van der Waals surface area contributed by atoms with Crippen LogP contribution in [0.2, 0.25) is 0 Å². The van der Waals surface area contributed by atoms with Crippen LogP contribution in [0.25, 0.3) is 5.82 Å². The number of urea groups is 1. The molecule has 0 aliphatic heterocycles. The number of imidazole rings is 1. The third kappa shape index (κ3) is 4.89. The van der Waals surface area contributed by atoms with Crippen LogP contribution in [-0.2, 0) is 12.7 Å². The first-order chi connectivity index (χ1) is 13.9. The summed E-state index contributed by atoms with van der Waals surface area (Å²) in [5.41, 5.74) is -0.230. The molecule has 0 aromatic carbocycles. The zero-order chi connectivity index (χ0) is 20.4. The summed E-state index contributed by atoms with van der Waals surface area (Å²) in [6.07, 6.45) is 6.49. The first kappa shape index (κ1) is 19.7. The Balaban J connectivity index is 1.28. The Morgan fingerprint density at radius 1 is 1.21 bits per heavy atom. The molecule has 2 atom stereocenters. The van der Waals surface area contributed by atoms with Gasteiger partial charge in [-0.05, 0) is 36.0 Å². The van der Waals surface area contributed by atoms with Gasteiger partial charge in [-0.2, -0.15) is 13.2 Å². The number of nitrogens with zero attached hydrogens (tertiary/aromatic N) is 3. The van der Waals surface area contributed by atoms with Crippen LogP contribution in [0, 0.1) is 11.8 Å². The quantitative estimate of drug-likeness (QED) is 0.785. The van der Waals surface area contributed by atoms with E-state index < -0.39 is 11.9 Å². The van der Waals surface area contributed by atoms with Crippen molar-refractivity contribution >= 4 is 6.03 Å². The van der Waals surface area contributed by atoms with Gasteiger partial charge in [0.25, 0.3) is 0 Å². The van der Waals surface area contributed by atoms with Gasteiger partial charge < -0.3 is 10.6 Å². The van der Waals surface area contributed by atoms with Gasteiger partial charge >= 0.3 is 12.2 Å². The van der Waals surface area contributed by atoms with Gasteiger partial charge in [-0.3, -0.25) is 4.57 Å². The van der Waals surface area contributed by atoms with E-state index in [-0.39, 0.29) is 18.6 Å². The number of nitrogens with one attached hydrogen (secondary N) is 2. The molecular weight excluding hydrogens is 383 g/mol. The van der Waals surface area contributed by atoms with Crippen LogP contribution in [0.4, 0.5) is 18.0 Å². The predicted octanol–water partition coefficient (Wildman–Crippen LogP) is 4.05. The molecule has 2 fully saturated rings. The van der Waals surface area contributed by atoms with E-state index in [2.05, 4.69) is 20.6 Å². The number of alkyl halides is 3. The molecule has 6 nitrogen and oxygen atoms in total. The standard InChI is InChI=1S/C20H24F3N5O/c21-20(22,23)17-11-28(12-26-17)18-8-13(6-7-24-18)10-25-19(29)27-16-9-15(16)14-4-2-1-3-5-14/h6-8,11-12,14-16H,1-5,9-10H2,(H2,25,27,29)/t15-,16+/m0/s1. The molecule has 156 valence electrons. The van der Waals surface area contributed by atoms with Gasteiger partial charge in [0.05, 0.1) is 0 Å². The lowest BCUT2D eigenvalue weighted by Crippen LogP contribution is -2.37. The molecule has 0 saturated heterocycles. The fraction of sp³-hybridized carbons (Fsp3) is 0.550. The van der Waals surface area contributed by atoms with Crippen LogP contribution in [0.1, 0.15) is 49.8 Å². The molecule has 2 saturated carbocycles. The third-order valence-corrected chi connectivity index (χ3v) is 5.81. The van der Waals surface area contributed by atoms with Crippen molar-refractivity contribution in [3.8, 4) is 5.82 Å². The fourth-order valence-electron chi connectivity index (χ4n) is 4.17. The Bertz CT molecular complexity index is 860. The van der Waals surface area contributed by atoms with Crippen LogP contribution in [0.5, 0.6) is 0 Å². The zero-order valence-corrected chi connectivity index (χ0v) is 16.0. The van der Waals surface area contributed by atoms with Crippen LogP contribution < -0.4 is 10.6 Å². The van der Waals surface area contributed by atoms with Gasteiger partial charge in [-0.15, -0.1) is 0 Å². The number of pyridine rings is 1. The summed E-state index contributed by atoms with van der Waals surface area (Å²) >= 11 is 0. The van der Waals surface area contributed by atoms with Crippen molar-refractivity contribution in [2.75, 3.05) is 0 Å². The summed E-state index contributed by atoms with van der Waals surface area (Å²) in [5.74, 6) is 1.67. The summed E-state index contributed by atoms with van der Waals surface area (Å²) in [7, 11) is 0. The maximum atomic E-state index is 12.7. The van der Waals surface area contributed by atoms with Gasteiger partial charge in [0.1, 0.15) is 12.1 Å². The third-order valence-electron chi connectivity index (χ3n) is 5.81. The second kappa shape index (κ2) is 8.04. The van der Waals surface area contributed by atoms with E-state index in [0.717, 1.165) is 30.4 Å². The minimum absolute atomic E-state index is 0.214. The monoisotopic (exact) mass is 407 g/mol. The Kier molecular flexibility index (Phi) is 5.47. The number of hydrogen-bond donors (Lipinski definition) is 2. The van der Waals surface area contributed by atoms with Crippen molar-refractivity contribution < 1.29 is 18.0 Å². The summed E-state index contributed by atoms with van der Waals surface area (Å²) in [5, 5.41) is 5.85. The zero-order valence-electron chi connectivity index (χ0n) is 16.0. The topological polar surface area (TPSA) is 71.8 Å². The summed E-state index contributed by atoms with van der Waals surface area (Å²) in [4.78, 5) is 19.6. The van der Waals surface area contributed by atoms with Crippen LogP contribution in [0.15, 0.2) is 30.9 Å². The van der Waals surface area contributed by atoms with Gasteiger partial charge in [0.2, 0.25) is 0 Å². The molecule has 0 radical (unpaired) electrons. The lowest BCUT2D eigenvalue weighted by Gasteiger charge is -2.21. The molecule has 29 heavy (non-hydrogen) atoms. The summed E-state index contributed by atoms with van der Waals surface area (Å²) < 4.78 is 39.3. The number of rotatable bonds is 5. The van der Waals surface area contributed by atoms with Gasteiger partial charge in [0, 0.05) is 25.0 Å². The van der Waals surface area contributed by atoms with E-state index in [1.807, 2.05) is 0 Å². The lowest BCUT2D eigenvalue weighted by molar-refractivity contribution is -0.140. The van der Waals surface area contributed by atoms with Crippen molar-refractivity contribution in [1.82, 2.24) is 25.2 Å². The minimum atomic E-state index is -4.50. The largest absolute Gasteiger partial charge is 0.434 e. The van der Waals surface area contributed by atoms with Crippen molar-refractivity contribution in [3.05, 3.63) is 42.1 Å². The molecule has 2 aliphatic carbocycles. The normalized spacial score (nSPS) is 22.3. The number of hydrogen-bond acceptors (Lipinski definition) is 3.